The fourth-order valence-electron chi connectivity index (χ4n) is 4.03. The SMILES string of the molecule is CCCCCCCCN1C=C2C(=O)N(CCCCCCCC)C(C)=C2C1=O. The third-order valence-electron chi connectivity index (χ3n) is 5.76. The van der Waals surface area contributed by atoms with E-state index in [-0.39, 0.29) is 11.8 Å². The summed E-state index contributed by atoms with van der Waals surface area (Å²) in [5, 5.41) is 0. The van der Waals surface area contributed by atoms with Crippen molar-refractivity contribution in [2.24, 2.45) is 0 Å². The molecule has 2 amide bonds. The average Bonchev–Trinajstić information content (AvgIpc) is 3.10. The second-order valence-corrected chi connectivity index (χ2v) is 7.99. The van der Waals surface area contributed by atoms with Gasteiger partial charge in [-0.15, -0.1) is 0 Å². The number of amides is 2. The minimum Gasteiger partial charge on any atom is -0.314 e. The summed E-state index contributed by atoms with van der Waals surface area (Å²) in [6, 6.07) is 0. The topological polar surface area (TPSA) is 40.6 Å². The first-order valence-electron chi connectivity index (χ1n) is 11.2. The summed E-state index contributed by atoms with van der Waals surface area (Å²) in [5.74, 6) is 0.0460. The Balaban J connectivity index is 1.79. The van der Waals surface area contributed by atoms with E-state index in [0.29, 0.717) is 11.1 Å². The molecule has 0 aromatic carbocycles. The molecular weight excluding hydrogens is 336 g/mol. The first kappa shape index (κ1) is 21.7. The van der Waals surface area contributed by atoms with Crippen LogP contribution in [0.1, 0.15) is 97.8 Å². The predicted molar refractivity (Wildman–Crippen MR) is 111 cm³/mol. The Labute approximate surface area is 165 Å². The number of carbonyl (C=O) groups is 2. The van der Waals surface area contributed by atoms with Crippen LogP contribution in [-0.4, -0.2) is 34.7 Å². The number of hydrogen-bond acceptors (Lipinski definition) is 2. The van der Waals surface area contributed by atoms with Crippen molar-refractivity contribution in [1.82, 2.24) is 9.80 Å². The summed E-state index contributed by atoms with van der Waals surface area (Å²) >= 11 is 0. The molecule has 0 saturated heterocycles. The molecular formula is C23H38N2O2. The van der Waals surface area contributed by atoms with Gasteiger partial charge in [-0.2, -0.15) is 0 Å². The molecule has 2 heterocycles. The molecule has 27 heavy (non-hydrogen) atoms. The lowest BCUT2D eigenvalue weighted by Crippen LogP contribution is -2.28. The van der Waals surface area contributed by atoms with Crippen LogP contribution in [-0.2, 0) is 9.59 Å². The van der Waals surface area contributed by atoms with Crippen LogP contribution in [0.25, 0.3) is 0 Å². The van der Waals surface area contributed by atoms with E-state index in [4.69, 9.17) is 0 Å². The van der Waals surface area contributed by atoms with Gasteiger partial charge in [-0.25, -0.2) is 0 Å². The second-order valence-electron chi connectivity index (χ2n) is 7.99. The van der Waals surface area contributed by atoms with Gasteiger partial charge in [0, 0.05) is 25.0 Å². The summed E-state index contributed by atoms with van der Waals surface area (Å²) in [6.45, 7) is 7.84. The molecule has 0 spiro atoms. The van der Waals surface area contributed by atoms with Crippen molar-refractivity contribution in [3.63, 3.8) is 0 Å². The van der Waals surface area contributed by atoms with Gasteiger partial charge in [-0.3, -0.25) is 9.59 Å². The van der Waals surface area contributed by atoms with Gasteiger partial charge >= 0.3 is 0 Å². The Morgan fingerprint density at radius 3 is 1.78 bits per heavy atom. The highest BCUT2D eigenvalue weighted by Crippen LogP contribution is 2.35. The summed E-state index contributed by atoms with van der Waals surface area (Å²) in [5.41, 5.74) is 2.13. The Morgan fingerprint density at radius 2 is 1.22 bits per heavy atom. The average molecular weight is 375 g/mol. The monoisotopic (exact) mass is 374 g/mol. The van der Waals surface area contributed by atoms with Gasteiger partial charge in [-0.05, 0) is 19.8 Å². The number of carbonyl (C=O) groups excluding carboxylic acids is 2. The van der Waals surface area contributed by atoms with Gasteiger partial charge in [0.25, 0.3) is 11.8 Å². The van der Waals surface area contributed by atoms with Crippen molar-refractivity contribution in [2.75, 3.05) is 13.1 Å². The van der Waals surface area contributed by atoms with E-state index >= 15 is 0 Å². The Kier molecular flexibility index (Phi) is 9.09. The van der Waals surface area contributed by atoms with Gasteiger partial charge in [0.2, 0.25) is 0 Å². The molecule has 152 valence electrons. The lowest BCUT2D eigenvalue weighted by Gasteiger charge is -2.20. The summed E-state index contributed by atoms with van der Waals surface area (Å²) in [7, 11) is 0. The van der Waals surface area contributed by atoms with Crippen LogP contribution in [0.5, 0.6) is 0 Å². The van der Waals surface area contributed by atoms with E-state index in [9.17, 15) is 9.59 Å². The van der Waals surface area contributed by atoms with Crippen molar-refractivity contribution >= 4 is 11.8 Å². The largest absolute Gasteiger partial charge is 0.314 e. The van der Waals surface area contributed by atoms with Crippen LogP contribution in [0.2, 0.25) is 0 Å². The lowest BCUT2D eigenvalue weighted by atomic mass is 10.1. The molecule has 2 rings (SSSR count). The maximum Gasteiger partial charge on any atom is 0.260 e. The van der Waals surface area contributed by atoms with Crippen molar-refractivity contribution < 1.29 is 9.59 Å². The quantitative estimate of drug-likeness (QED) is 0.374. The Bertz CT molecular complexity index is 577. The third-order valence-corrected chi connectivity index (χ3v) is 5.76. The molecule has 0 atom stereocenters. The standard InChI is InChI=1S/C23H38N2O2/c1-4-6-8-10-12-14-16-24-18-20-21(23(24)27)19(3)25(22(20)26)17-15-13-11-9-7-5-2/h18H,4-17H2,1-3H3. The minimum atomic E-state index is 0.0230. The number of allylic oxidation sites excluding steroid dienone is 1. The number of fused-ring (bicyclic) bond motifs is 1. The van der Waals surface area contributed by atoms with Crippen molar-refractivity contribution in [3.8, 4) is 0 Å². The number of hydrogen-bond donors (Lipinski definition) is 0. The molecule has 2 aliphatic heterocycles. The number of rotatable bonds is 14. The van der Waals surface area contributed by atoms with Crippen LogP contribution in [0.4, 0.5) is 0 Å². The maximum absolute atomic E-state index is 12.7. The van der Waals surface area contributed by atoms with Gasteiger partial charge in [0.05, 0.1) is 11.1 Å². The van der Waals surface area contributed by atoms with Crippen LogP contribution >= 0.6 is 0 Å². The molecule has 0 radical (unpaired) electrons. The Hall–Kier alpha value is -1.58. The van der Waals surface area contributed by atoms with Crippen molar-refractivity contribution in [3.05, 3.63) is 23.0 Å². The predicted octanol–water partition coefficient (Wildman–Crippen LogP) is 5.55. The van der Waals surface area contributed by atoms with Crippen LogP contribution in [0.15, 0.2) is 23.0 Å². The lowest BCUT2D eigenvalue weighted by molar-refractivity contribution is -0.124. The molecule has 0 N–H and O–H groups in total. The molecule has 0 aliphatic carbocycles. The smallest absolute Gasteiger partial charge is 0.260 e. The number of nitrogens with zero attached hydrogens (tertiary/aromatic N) is 2. The molecule has 0 bridgehead atoms. The first-order valence-corrected chi connectivity index (χ1v) is 11.2. The van der Waals surface area contributed by atoms with Crippen molar-refractivity contribution in [1.29, 1.82) is 0 Å². The Morgan fingerprint density at radius 1 is 0.704 bits per heavy atom. The minimum absolute atomic E-state index is 0.0230. The van der Waals surface area contributed by atoms with Crippen LogP contribution in [0.3, 0.4) is 0 Å². The summed E-state index contributed by atoms with van der Waals surface area (Å²) in [6.07, 6.45) is 16.3. The highest BCUT2D eigenvalue weighted by molar-refractivity contribution is 6.18. The zero-order valence-corrected chi connectivity index (χ0v) is 17.7. The highest BCUT2D eigenvalue weighted by Gasteiger charge is 2.41. The number of unbranched alkanes of at least 4 members (excludes halogenated alkanes) is 10. The normalized spacial score (nSPS) is 16.6. The molecule has 4 heteroatoms. The molecule has 0 fully saturated rings. The van der Waals surface area contributed by atoms with E-state index in [2.05, 4.69) is 13.8 Å². The highest BCUT2D eigenvalue weighted by atomic mass is 16.2. The van der Waals surface area contributed by atoms with Gasteiger partial charge < -0.3 is 9.80 Å². The summed E-state index contributed by atoms with van der Waals surface area (Å²) < 4.78 is 0. The molecule has 4 nitrogen and oxygen atoms in total. The first-order chi connectivity index (χ1) is 13.1. The van der Waals surface area contributed by atoms with E-state index in [1.165, 1.54) is 51.4 Å². The second kappa shape index (κ2) is 11.3. The zero-order chi connectivity index (χ0) is 19.6. The van der Waals surface area contributed by atoms with Gasteiger partial charge in [0.1, 0.15) is 0 Å². The van der Waals surface area contributed by atoms with Gasteiger partial charge in [0.15, 0.2) is 0 Å². The van der Waals surface area contributed by atoms with E-state index in [0.717, 1.165) is 44.5 Å². The fourth-order valence-corrected chi connectivity index (χ4v) is 4.03. The summed E-state index contributed by atoms with van der Waals surface area (Å²) in [4.78, 5) is 29.1. The van der Waals surface area contributed by atoms with Crippen molar-refractivity contribution in [2.45, 2.75) is 97.8 Å². The molecule has 2 aliphatic rings. The maximum atomic E-state index is 12.7. The zero-order valence-electron chi connectivity index (χ0n) is 17.7. The van der Waals surface area contributed by atoms with Crippen LogP contribution in [0, 0.1) is 0 Å². The molecule has 0 saturated carbocycles. The van der Waals surface area contributed by atoms with E-state index in [1.807, 2.05) is 11.8 Å². The van der Waals surface area contributed by atoms with E-state index in [1.54, 1.807) is 11.1 Å². The van der Waals surface area contributed by atoms with Crippen LogP contribution < -0.4 is 0 Å². The van der Waals surface area contributed by atoms with Gasteiger partial charge in [-0.1, -0.05) is 78.1 Å². The third kappa shape index (κ3) is 5.70. The van der Waals surface area contributed by atoms with E-state index < -0.39 is 0 Å². The molecule has 0 unspecified atom stereocenters. The fraction of sp³-hybridized carbons (Fsp3) is 0.739. The molecule has 0 aromatic heterocycles. The molecule has 0 aromatic rings.